The van der Waals surface area contributed by atoms with Crippen LogP contribution in [0.1, 0.15) is 51.5 Å². The molecule has 3 nitrogen and oxygen atoms in total. The van der Waals surface area contributed by atoms with Crippen LogP contribution in [0.25, 0.3) is 0 Å². The molecule has 0 radical (unpaired) electrons. The van der Waals surface area contributed by atoms with Crippen LogP contribution in [0.4, 0.5) is 0 Å². The minimum Gasteiger partial charge on any atom is -0.355 e. The van der Waals surface area contributed by atoms with Crippen molar-refractivity contribution in [2.75, 3.05) is 6.54 Å². The Balaban J connectivity index is 0.00000225. The summed E-state index contributed by atoms with van der Waals surface area (Å²) in [6.45, 7) is 4.85. The molecule has 1 amide bonds. The molecule has 0 saturated heterocycles. The number of rotatable bonds is 4. The van der Waals surface area contributed by atoms with E-state index in [1.54, 1.807) is 0 Å². The number of fused-ring (bicyclic) bond motifs is 2. The maximum Gasteiger partial charge on any atom is 0.223 e. The smallest absolute Gasteiger partial charge is 0.223 e. The van der Waals surface area contributed by atoms with Crippen molar-refractivity contribution < 1.29 is 4.79 Å². The van der Waals surface area contributed by atoms with E-state index in [0.29, 0.717) is 24.4 Å². The van der Waals surface area contributed by atoms with Gasteiger partial charge in [0.05, 0.1) is 0 Å². The molecule has 0 aliphatic heterocycles. The first-order valence-corrected chi connectivity index (χ1v) is 9.54. The monoisotopic (exact) mass is 384 g/mol. The van der Waals surface area contributed by atoms with Gasteiger partial charge in [0.1, 0.15) is 0 Å². The Morgan fingerprint density at radius 1 is 1.24 bits per heavy atom. The molecular formula is C20H30Cl2N2O. The first kappa shape index (κ1) is 20.5. The van der Waals surface area contributed by atoms with E-state index in [9.17, 15) is 4.79 Å². The van der Waals surface area contributed by atoms with E-state index >= 15 is 0 Å². The lowest BCUT2D eigenvalue weighted by Gasteiger charge is -2.43. The third-order valence-corrected chi connectivity index (χ3v) is 6.42. The van der Waals surface area contributed by atoms with Crippen LogP contribution >= 0.6 is 24.0 Å². The molecule has 5 heteroatoms. The molecule has 2 unspecified atom stereocenters. The fourth-order valence-corrected chi connectivity index (χ4v) is 4.95. The molecular weight excluding hydrogens is 355 g/mol. The van der Waals surface area contributed by atoms with Crippen LogP contribution in [0.3, 0.4) is 0 Å². The van der Waals surface area contributed by atoms with Gasteiger partial charge in [-0.15, -0.1) is 12.4 Å². The fourth-order valence-electron chi connectivity index (χ4n) is 4.56. The van der Waals surface area contributed by atoms with Gasteiger partial charge in [0.15, 0.2) is 0 Å². The van der Waals surface area contributed by atoms with Crippen LogP contribution in [0.2, 0.25) is 5.02 Å². The van der Waals surface area contributed by atoms with Crippen LogP contribution in [0, 0.1) is 17.8 Å². The van der Waals surface area contributed by atoms with Crippen molar-refractivity contribution in [3.05, 3.63) is 34.9 Å². The first-order valence-electron chi connectivity index (χ1n) is 9.17. The summed E-state index contributed by atoms with van der Waals surface area (Å²) in [5, 5.41) is 3.94. The van der Waals surface area contributed by atoms with Gasteiger partial charge in [-0.2, -0.15) is 0 Å². The topological polar surface area (TPSA) is 55.1 Å². The summed E-state index contributed by atoms with van der Waals surface area (Å²) in [5.74, 6) is 1.38. The summed E-state index contributed by atoms with van der Waals surface area (Å²) < 4.78 is 0. The van der Waals surface area contributed by atoms with Gasteiger partial charge in [-0.1, -0.05) is 50.1 Å². The zero-order valence-electron chi connectivity index (χ0n) is 15.1. The highest BCUT2D eigenvalue weighted by Crippen LogP contribution is 2.42. The molecule has 1 aromatic rings. The molecule has 3 N–H and O–H groups in total. The van der Waals surface area contributed by atoms with Gasteiger partial charge in [0.2, 0.25) is 5.91 Å². The van der Waals surface area contributed by atoms with Crippen molar-refractivity contribution in [3.8, 4) is 0 Å². The third-order valence-electron chi connectivity index (χ3n) is 6.09. The van der Waals surface area contributed by atoms with E-state index in [1.165, 1.54) is 19.3 Å². The number of benzene rings is 1. The minimum atomic E-state index is -0.186. The molecule has 0 heterocycles. The number of hydrogen-bond acceptors (Lipinski definition) is 2. The summed E-state index contributed by atoms with van der Waals surface area (Å²) >= 11 is 6.33. The second kappa shape index (κ2) is 8.28. The van der Waals surface area contributed by atoms with Crippen LogP contribution < -0.4 is 11.1 Å². The Morgan fingerprint density at radius 3 is 2.44 bits per heavy atom. The quantitative estimate of drug-likeness (QED) is 0.812. The third kappa shape index (κ3) is 4.50. The maximum absolute atomic E-state index is 12.7. The SMILES string of the molecule is CC(C)(CNC(=O)C1CC2CCCC(C1)C2N)c1ccccc1Cl.Cl. The largest absolute Gasteiger partial charge is 0.355 e. The van der Waals surface area contributed by atoms with Crippen molar-refractivity contribution in [1.29, 1.82) is 0 Å². The number of nitrogens with two attached hydrogens (primary N) is 1. The van der Waals surface area contributed by atoms with E-state index < -0.39 is 0 Å². The predicted octanol–water partition coefficient (Wildman–Crippen LogP) is 4.31. The van der Waals surface area contributed by atoms with E-state index in [2.05, 4.69) is 19.2 Å². The number of carbonyl (C=O) groups is 1. The van der Waals surface area contributed by atoms with Gasteiger partial charge < -0.3 is 11.1 Å². The molecule has 3 rings (SSSR count). The van der Waals surface area contributed by atoms with Gasteiger partial charge in [-0.05, 0) is 49.1 Å². The second-order valence-electron chi connectivity index (χ2n) is 8.28. The van der Waals surface area contributed by atoms with E-state index in [0.717, 1.165) is 23.4 Å². The molecule has 140 valence electrons. The lowest BCUT2D eigenvalue weighted by molar-refractivity contribution is -0.128. The summed E-state index contributed by atoms with van der Waals surface area (Å²) in [6, 6.07) is 8.18. The zero-order valence-corrected chi connectivity index (χ0v) is 16.7. The molecule has 2 aliphatic carbocycles. The molecule has 2 bridgehead atoms. The van der Waals surface area contributed by atoms with E-state index in [-0.39, 0.29) is 29.6 Å². The van der Waals surface area contributed by atoms with Gasteiger partial charge in [-0.3, -0.25) is 4.79 Å². The van der Waals surface area contributed by atoms with Gasteiger partial charge in [0.25, 0.3) is 0 Å². The van der Waals surface area contributed by atoms with Crippen molar-refractivity contribution in [2.24, 2.45) is 23.5 Å². The fraction of sp³-hybridized carbons (Fsp3) is 0.650. The summed E-state index contributed by atoms with van der Waals surface area (Å²) in [7, 11) is 0. The summed E-state index contributed by atoms with van der Waals surface area (Å²) in [4.78, 5) is 12.7. The number of hydrogen-bond donors (Lipinski definition) is 2. The van der Waals surface area contributed by atoms with E-state index in [1.807, 2.05) is 24.3 Å². The Morgan fingerprint density at radius 2 is 1.84 bits per heavy atom. The Kier molecular flexibility index (Phi) is 6.80. The lowest BCUT2D eigenvalue weighted by Crippen LogP contribution is -2.50. The number of nitrogens with one attached hydrogen (secondary N) is 1. The highest BCUT2D eigenvalue weighted by atomic mass is 35.5. The van der Waals surface area contributed by atoms with Gasteiger partial charge >= 0.3 is 0 Å². The summed E-state index contributed by atoms with van der Waals surface area (Å²) in [5.41, 5.74) is 7.23. The van der Waals surface area contributed by atoms with Crippen molar-refractivity contribution in [2.45, 2.75) is 57.4 Å². The second-order valence-corrected chi connectivity index (χ2v) is 8.69. The lowest BCUT2D eigenvalue weighted by atomic mass is 9.65. The maximum atomic E-state index is 12.7. The minimum absolute atomic E-state index is 0. The molecule has 2 fully saturated rings. The standard InChI is InChI=1S/C20H29ClN2O.ClH/c1-20(2,16-8-3-4-9-17(16)21)12-23-19(24)15-10-13-6-5-7-14(11-15)18(13)22;/h3-4,8-9,13-15,18H,5-7,10-12,22H2,1-2H3,(H,23,24);1H. The normalized spacial score (nSPS) is 28.8. The Hall–Kier alpha value is -0.770. The molecule has 2 saturated carbocycles. The van der Waals surface area contributed by atoms with Crippen molar-refractivity contribution >= 4 is 29.9 Å². The highest BCUT2D eigenvalue weighted by Gasteiger charge is 2.40. The molecule has 0 aromatic heterocycles. The van der Waals surface area contributed by atoms with Crippen LogP contribution in [0.5, 0.6) is 0 Å². The highest BCUT2D eigenvalue weighted by molar-refractivity contribution is 6.31. The van der Waals surface area contributed by atoms with Crippen molar-refractivity contribution in [3.63, 3.8) is 0 Å². The predicted molar refractivity (Wildman–Crippen MR) is 106 cm³/mol. The summed E-state index contributed by atoms with van der Waals surface area (Å²) in [6.07, 6.45) is 5.56. The van der Waals surface area contributed by atoms with E-state index in [4.69, 9.17) is 17.3 Å². The van der Waals surface area contributed by atoms with Gasteiger partial charge in [-0.25, -0.2) is 0 Å². The number of amides is 1. The molecule has 1 aromatic carbocycles. The molecule has 2 aliphatic rings. The number of halogens is 2. The average molecular weight is 385 g/mol. The molecule has 0 spiro atoms. The zero-order chi connectivity index (χ0) is 17.3. The molecule has 2 atom stereocenters. The number of carbonyl (C=O) groups excluding carboxylic acids is 1. The molecule has 25 heavy (non-hydrogen) atoms. The first-order chi connectivity index (χ1) is 11.4. The Labute approximate surface area is 162 Å². The Bertz CT molecular complexity index is 591. The van der Waals surface area contributed by atoms with Crippen LogP contribution in [-0.2, 0) is 10.2 Å². The van der Waals surface area contributed by atoms with Crippen LogP contribution in [0.15, 0.2) is 24.3 Å². The van der Waals surface area contributed by atoms with Crippen LogP contribution in [-0.4, -0.2) is 18.5 Å². The van der Waals surface area contributed by atoms with Gasteiger partial charge in [0, 0.05) is 28.9 Å². The average Bonchev–Trinajstić information content (AvgIpc) is 2.52. The van der Waals surface area contributed by atoms with Crippen molar-refractivity contribution in [1.82, 2.24) is 5.32 Å².